The minimum Gasteiger partial charge on any atom is -0.293 e. The summed E-state index contributed by atoms with van der Waals surface area (Å²) in [6, 6.07) is 10.5. The molecule has 2 heteroatoms. The lowest BCUT2D eigenvalue weighted by atomic mass is 10.0. The molecule has 0 radical (unpaired) electrons. The van der Waals surface area contributed by atoms with Gasteiger partial charge in [0.05, 0.1) is 0 Å². The minimum atomic E-state index is 0.883. The van der Waals surface area contributed by atoms with Gasteiger partial charge in [-0.05, 0) is 43.4 Å². The molecule has 1 nitrogen and oxygen atoms in total. The van der Waals surface area contributed by atoms with Crippen molar-refractivity contribution in [2.75, 3.05) is 0 Å². The van der Waals surface area contributed by atoms with Crippen LogP contribution in [0.4, 0.5) is 0 Å². The normalized spacial score (nSPS) is 29.9. The van der Waals surface area contributed by atoms with Gasteiger partial charge in [-0.3, -0.25) is 4.90 Å². The van der Waals surface area contributed by atoms with E-state index in [4.69, 9.17) is 0 Å². The lowest BCUT2D eigenvalue weighted by Crippen LogP contribution is -2.27. The second-order valence-corrected chi connectivity index (χ2v) is 5.68. The molecule has 3 rings (SSSR count). The first-order valence-electron chi connectivity index (χ1n) is 5.83. The van der Waals surface area contributed by atoms with Crippen molar-refractivity contribution < 1.29 is 0 Å². The Kier molecular flexibility index (Phi) is 2.57. The molecule has 2 fully saturated rings. The van der Waals surface area contributed by atoms with E-state index in [0.717, 1.165) is 18.6 Å². The van der Waals surface area contributed by atoms with Crippen molar-refractivity contribution in [3.63, 3.8) is 0 Å². The molecule has 80 valence electrons. The molecular formula is C13H16BrN. The van der Waals surface area contributed by atoms with Crippen LogP contribution in [0.1, 0.15) is 31.2 Å². The van der Waals surface area contributed by atoms with Crippen molar-refractivity contribution in [2.45, 2.75) is 44.3 Å². The Labute approximate surface area is 99.6 Å². The number of rotatable bonds is 2. The first-order chi connectivity index (χ1) is 7.33. The summed E-state index contributed by atoms with van der Waals surface area (Å²) in [7, 11) is 0. The Hall–Kier alpha value is -0.340. The molecule has 0 aromatic heterocycles. The van der Waals surface area contributed by atoms with Crippen LogP contribution < -0.4 is 0 Å². The molecule has 0 atom stereocenters. The number of halogens is 1. The summed E-state index contributed by atoms with van der Waals surface area (Å²) in [5, 5.41) is 0. The molecule has 2 heterocycles. The maximum Gasteiger partial charge on any atom is 0.0240 e. The van der Waals surface area contributed by atoms with Crippen molar-refractivity contribution in [3.8, 4) is 0 Å². The van der Waals surface area contributed by atoms with Gasteiger partial charge in [-0.1, -0.05) is 28.1 Å². The third-order valence-electron chi connectivity index (χ3n) is 3.86. The van der Waals surface area contributed by atoms with E-state index in [0.29, 0.717) is 0 Å². The van der Waals surface area contributed by atoms with Crippen LogP contribution in [0.25, 0.3) is 0 Å². The SMILES string of the molecule is Brc1cccc(CN2C3CCC2CC3)c1. The third kappa shape index (κ3) is 1.85. The Balaban J connectivity index is 1.75. The predicted octanol–water partition coefficient (Wildman–Crippen LogP) is 3.58. The van der Waals surface area contributed by atoms with Gasteiger partial charge in [-0.25, -0.2) is 0 Å². The van der Waals surface area contributed by atoms with Crippen molar-refractivity contribution in [1.82, 2.24) is 4.90 Å². The molecule has 0 aliphatic carbocycles. The van der Waals surface area contributed by atoms with Gasteiger partial charge in [-0.15, -0.1) is 0 Å². The topological polar surface area (TPSA) is 3.24 Å². The second-order valence-electron chi connectivity index (χ2n) is 4.76. The van der Waals surface area contributed by atoms with Gasteiger partial charge < -0.3 is 0 Å². The van der Waals surface area contributed by atoms with E-state index in [1.807, 2.05) is 0 Å². The molecule has 1 aromatic rings. The number of nitrogens with zero attached hydrogens (tertiary/aromatic N) is 1. The third-order valence-corrected chi connectivity index (χ3v) is 4.35. The van der Waals surface area contributed by atoms with Gasteiger partial charge in [0.2, 0.25) is 0 Å². The van der Waals surface area contributed by atoms with E-state index < -0.39 is 0 Å². The number of hydrogen-bond acceptors (Lipinski definition) is 1. The van der Waals surface area contributed by atoms with Crippen LogP contribution in [0.5, 0.6) is 0 Å². The molecule has 15 heavy (non-hydrogen) atoms. The Bertz CT molecular complexity index is 343. The zero-order valence-corrected chi connectivity index (χ0v) is 10.4. The van der Waals surface area contributed by atoms with E-state index in [9.17, 15) is 0 Å². The van der Waals surface area contributed by atoms with Gasteiger partial charge in [0.15, 0.2) is 0 Å². The van der Waals surface area contributed by atoms with Crippen LogP contribution in [0.2, 0.25) is 0 Å². The van der Waals surface area contributed by atoms with Crippen LogP contribution in [-0.2, 0) is 6.54 Å². The van der Waals surface area contributed by atoms with Crippen LogP contribution in [-0.4, -0.2) is 17.0 Å². The first kappa shape index (κ1) is 9.86. The molecule has 0 saturated carbocycles. The molecule has 0 spiro atoms. The van der Waals surface area contributed by atoms with E-state index in [1.54, 1.807) is 0 Å². The summed E-state index contributed by atoms with van der Waals surface area (Å²) in [5.74, 6) is 0. The average molecular weight is 266 g/mol. The second kappa shape index (κ2) is 3.91. The fourth-order valence-electron chi connectivity index (χ4n) is 3.12. The summed E-state index contributed by atoms with van der Waals surface area (Å²) in [6.45, 7) is 1.15. The summed E-state index contributed by atoms with van der Waals surface area (Å²) >= 11 is 3.54. The molecule has 2 aliphatic heterocycles. The van der Waals surface area contributed by atoms with Crippen molar-refractivity contribution >= 4 is 15.9 Å². The largest absolute Gasteiger partial charge is 0.293 e. The quantitative estimate of drug-likeness (QED) is 0.790. The summed E-state index contributed by atoms with van der Waals surface area (Å²) < 4.78 is 1.20. The first-order valence-corrected chi connectivity index (χ1v) is 6.62. The molecule has 2 aliphatic rings. The van der Waals surface area contributed by atoms with E-state index >= 15 is 0 Å². The number of fused-ring (bicyclic) bond motifs is 2. The van der Waals surface area contributed by atoms with Gasteiger partial charge in [0, 0.05) is 23.1 Å². The molecule has 2 saturated heterocycles. The Morgan fingerprint density at radius 1 is 1.13 bits per heavy atom. The zero-order chi connectivity index (χ0) is 10.3. The van der Waals surface area contributed by atoms with E-state index in [1.165, 1.54) is 35.7 Å². The van der Waals surface area contributed by atoms with Crippen molar-refractivity contribution in [1.29, 1.82) is 0 Å². The van der Waals surface area contributed by atoms with Crippen molar-refractivity contribution in [3.05, 3.63) is 34.3 Å². The zero-order valence-electron chi connectivity index (χ0n) is 8.82. The molecule has 0 N–H and O–H groups in total. The highest BCUT2D eigenvalue weighted by atomic mass is 79.9. The van der Waals surface area contributed by atoms with Crippen LogP contribution in [0.15, 0.2) is 28.7 Å². The number of benzene rings is 1. The maximum absolute atomic E-state index is 3.54. The molecular weight excluding hydrogens is 250 g/mol. The fourth-order valence-corrected chi connectivity index (χ4v) is 3.57. The average Bonchev–Trinajstić information content (AvgIpc) is 2.78. The lowest BCUT2D eigenvalue weighted by Gasteiger charge is -2.21. The number of hydrogen-bond donors (Lipinski definition) is 0. The molecule has 1 aromatic carbocycles. The molecule has 0 amide bonds. The summed E-state index contributed by atoms with van der Waals surface area (Å²) in [5.41, 5.74) is 1.45. The van der Waals surface area contributed by atoms with Crippen LogP contribution in [0, 0.1) is 0 Å². The monoisotopic (exact) mass is 265 g/mol. The smallest absolute Gasteiger partial charge is 0.0240 e. The van der Waals surface area contributed by atoms with E-state index in [-0.39, 0.29) is 0 Å². The van der Waals surface area contributed by atoms with E-state index in [2.05, 4.69) is 45.1 Å². The maximum atomic E-state index is 3.54. The Morgan fingerprint density at radius 3 is 2.40 bits per heavy atom. The summed E-state index contributed by atoms with van der Waals surface area (Å²) in [6.07, 6.45) is 5.72. The fraction of sp³-hybridized carbons (Fsp3) is 0.538. The predicted molar refractivity (Wildman–Crippen MR) is 65.7 cm³/mol. The van der Waals surface area contributed by atoms with Gasteiger partial charge in [0.25, 0.3) is 0 Å². The highest BCUT2D eigenvalue weighted by Gasteiger charge is 2.38. The van der Waals surface area contributed by atoms with Gasteiger partial charge >= 0.3 is 0 Å². The van der Waals surface area contributed by atoms with Crippen LogP contribution >= 0.6 is 15.9 Å². The lowest BCUT2D eigenvalue weighted by molar-refractivity contribution is 0.244. The highest BCUT2D eigenvalue weighted by molar-refractivity contribution is 9.10. The Morgan fingerprint density at radius 2 is 1.80 bits per heavy atom. The minimum absolute atomic E-state index is 0.883. The van der Waals surface area contributed by atoms with Gasteiger partial charge in [0.1, 0.15) is 0 Å². The van der Waals surface area contributed by atoms with Gasteiger partial charge in [-0.2, -0.15) is 0 Å². The van der Waals surface area contributed by atoms with Crippen LogP contribution in [0.3, 0.4) is 0 Å². The summed E-state index contributed by atoms with van der Waals surface area (Å²) in [4.78, 5) is 2.71. The molecule has 0 unspecified atom stereocenters. The van der Waals surface area contributed by atoms with Crippen molar-refractivity contribution in [2.24, 2.45) is 0 Å². The highest BCUT2D eigenvalue weighted by Crippen LogP contribution is 2.38. The molecule has 2 bridgehead atoms. The standard InChI is InChI=1S/C13H16BrN/c14-11-3-1-2-10(8-11)9-15-12-4-5-13(15)7-6-12/h1-3,8,12-13H,4-7,9H2.